The molecule has 1 aliphatic carbocycles. The fraction of sp³-hybridized carbons (Fsp3) is 0.111. The van der Waals surface area contributed by atoms with Crippen LogP contribution in [0, 0.1) is 0 Å². The van der Waals surface area contributed by atoms with Crippen LogP contribution in [-0.2, 0) is 0 Å². The Morgan fingerprint density at radius 3 is 2.57 bits per heavy atom. The third kappa shape index (κ3) is 2.05. The van der Waals surface area contributed by atoms with Crippen LogP contribution in [0.25, 0.3) is 0 Å². The summed E-state index contributed by atoms with van der Waals surface area (Å²) in [5.41, 5.74) is 1.11. The molecule has 0 spiro atoms. The zero-order valence-corrected chi connectivity index (χ0v) is 12.0. The number of aliphatic hydroxyl groups excluding tert-OH is 1. The van der Waals surface area contributed by atoms with Crippen molar-refractivity contribution in [3.8, 4) is 11.5 Å². The summed E-state index contributed by atoms with van der Waals surface area (Å²) in [6.45, 7) is 0.0633. The van der Waals surface area contributed by atoms with Gasteiger partial charge in [0, 0.05) is 22.3 Å². The number of ketones is 2. The molecule has 2 aliphatic rings. The number of hydrogen-bond acceptors (Lipinski definition) is 5. The Balaban J connectivity index is 1.79. The van der Waals surface area contributed by atoms with E-state index in [4.69, 9.17) is 9.47 Å². The molecule has 5 nitrogen and oxygen atoms in total. The zero-order chi connectivity index (χ0) is 16.0. The van der Waals surface area contributed by atoms with Gasteiger partial charge in [-0.15, -0.1) is 0 Å². The molecule has 0 radical (unpaired) electrons. The van der Waals surface area contributed by atoms with E-state index in [0.29, 0.717) is 28.2 Å². The van der Waals surface area contributed by atoms with E-state index in [9.17, 15) is 14.7 Å². The van der Waals surface area contributed by atoms with Crippen LogP contribution in [0.3, 0.4) is 0 Å². The Morgan fingerprint density at radius 2 is 1.74 bits per heavy atom. The van der Waals surface area contributed by atoms with Gasteiger partial charge < -0.3 is 14.6 Å². The minimum atomic E-state index is -1.25. The van der Waals surface area contributed by atoms with Gasteiger partial charge in [0.15, 0.2) is 23.1 Å². The van der Waals surface area contributed by atoms with E-state index < -0.39 is 6.10 Å². The van der Waals surface area contributed by atoms with Crippen LogP contribution in [-0.4, -0.2) is 23.5 Å². The molecule has 1 unspecified atom stereocenters. The van der Waals surface area contributed by atoms with Gasteiger partial charge in [0.25, 0.3) is 0 Å². The molecule has 1 aliphatic heterocycles. The molecule has 5 heteroatoms. The van der Waals surface area contributed by atoms with Crippen molar-refractivity contribution in [3.05, 3.63) is 70.8 Å². The van der Waals surface area contributed by atoms with E-state index in [0.717, 1.165) is 0 Å². The number of fused-ring (bicyclic) bond motifs is 2. The fourth-order valence-electron chi connectivity index (χ4n) is 2.87. The molecule has 1 heterocycles. The van der Waals surface area contributed by atoms with Crippen molar-refractivity contribution in [3.63, 3.8) is 0 Å². The molecule has 0 bridgehead atoms. The van der Waals surface area contributed by atoms with Gasteiger partial charge >= 0.3 is 0 Å². The minimum Gasteiger partial charge on any atom is -0.454 e. The smallest absolute Gasteiger partial charge is 0.231 e. The molecule has 4 rings (SSSR count). The van der Waals surface area contributed by atoms with Gasteiger partial charge in [0.1, 0.15) is 6.10 Å². The number of ether oxygens (including phenoxy) is 2. The van der Waals surface area contributed by atoms with E-state index >= 15 is 0 Å². The van der Waals surface area contributed by atoms with Gasteiger partial charge in [0.05, 0.1) is 0 Å². The Morgan fingerprint density at radius 1 is 0.957 bits per heavy atom. The van der Waals surface area contributed by atoms with Crippen LogP contribution < -0.4 is 9.47 Å². The number of carbonyl (C=O) groups excluding carboxylic acids is 2. The van der Waals surface area contributed by atoms with Crippen molar-refractivity contribution in [1.29, 1.82) is 0 Å². The monoisotopic (exact) mass is 308 g/mol. The molecule has 0 fully saturated rings. The molecule has 0 aromatic heterocycles. The summed E-state index contributed by atoms with van der Waals surface area (Å²) in [6, 6.07) is 11.7. The summed E-state index contributed by atoms with van der Waals surface area (Å²) in [5, 5.41) is 10.6. The Hall–Kier alpha value is -2.92. The number of rotatable bonds is 2. The second kappa shape index (κ2) is 5.07. The van der Waals surface area contributed by atoms with E-state index in [1.54, 1.807) is 42.5 Å². The molecule has 1 atom stereocenters. The van der Waals surface area contributed by atoms with Gasteiger partial charge in [-0.25, -0.2) is 0 Å². The predicted molar refractivity (Wildman–Crippen MR) is 80.7 cm³/mol. The predicted octanol–water partition coefficient (Wildman–Crippen LogP) is 2.45. The summed E-state index contributed by atoms with van der Waals surface area (Å²) in [4.78, 5) is 24.8. The van der Waals surface area contributed by atoms with Crippen LogP contribution in [0.15, 0.2) is 54.1 Å². The lowest BCUT2D eigenvalue weighted by atomic mass is 9.85. The summed E-state index contributed by atoms with van der Waals surface area (Å²) in [6.07, 6.45) is -0.0543. The van der Waals surface area contributed by atoms with Crippen LogP contribution in [0.2, 0.25) is 0 Å². The van der Waals surface area contributed by atoms with Crippen LogP contribution in [0.4, 0.5) is 0 Å². The van der Waals surface area contributed by atoms with Crippen LogP contribution >= 0.6 is 0 Å². The largest absolute Gasteiger partial charge is 0.454 e. The SMILES string of the molecule is O=C1C=C(C(O)c2cccc3c2OCO3)C(=O)c2ccccc21. The summed E-state index contributed by atoms with van der Waals surface area (Å²) < 4.78 is 10.6. The average molecular weight is 308 g/mol. The lowest BCUT2D eigenvalue weighted by Gasteiger charge is -2.20. The van der Waals surface area contributed by atoms with E-state index in [1.807, 2.05) is 0 Å². The maximum Gasteiger partial charge on any atom is 0.231 e. The molecule has 0 saturated heterocycles. The normalized spacial score (nSPS) is 16.8. The van der Waals surface area contributed by atoms with Crippen LogP contribution in [0.1, 0.15) is 32.4 Å². The topological polar surface area (TPSA) is 72.8 Å². The quantitative estimate of drug-likeness (QED) is 0.922. The highest BCUT2D eigenvalue weighted by atomic mass is 16.7. The first kappa shape index (κ1) is 13.7. The van der Waals surface area contributed by atoms with E-state index in [2.05, 4.69) is 0 Å². The highest BCUT2D eigenvalue weighted by molar-refractivity contribution is 6.24. The number of para-hydroxylation sites is 1. The minimum absolute atomic E-state index is 0.0394. The van der Waals surface area contributed by atoms with Crippen molar-refractivity contribution in [2.75, 3.05) is 6.79 Å². The first-order valence-electron chi connectivity index (χ1n) is 7.13. The average Bonchev–Trinajstić information content (AvgIpc) is 3.06. The number of Topliss-reactive ketones (excluding diaryl/α,β-unsaturated/α-hetero) is 1. The Kier molecular flexibility index (Phi) is 3.02. The summed E-state index contributed by atoms with van der Waals surface area (Å²) in [7, 11) is 0. The van der Waals surface area contributed by atoms with Gasteiger partial charge in [-0.05, 0) is 12.1 Å². The summed E-state index contributed by atoms with van der Waals surface area (Å²) >= 11 is 0. The second-order valence-corrected chi connectivity index (χ2v) is 5.32. The number of aliphatic hydroxyl groups is 1. The highest BCUT2D eigenvalue weighted by Gasteiger charge is 2.32. The molecule has 23 heavy (non-hydrogen) atoms. The molecule has 2 aromatic rings. The van der Waals surface area contributed by atoms with Crippen LogP contribution in [0.5, 0.6) is 11.5 Å². The van der Waals surface area contributed by atoms with Crippen molar-refractivity contribution < 1.29 is 24.2 Å². The first-order valence-corrected chi connectivity index (χ1v) is 7.13. The molecule has 114 valence electrons. The molecule has 0 saturated carbocycles. The Bertz CT molecular complexity index is 865. The van der Waals surface area contributed by atoms with E-state index in [-0.39, 0.29) is 23.9 Å². The highest BCUT2D eigenvalue weighted by Crippen LogP contribution is 2.41. The van der Waals surface area contributed by atoms with Crippen molar-refractivity contribution in [2.24, 2.45) is 0 Å². The molecule has 0 amide bonds. The number of carbonyl (C=O) groups is 2. The fourth-order valence-corrected chi connectivity index (χ4v) is 2.87. The maximum absolute atomic E-state index is 12.6. The van der Waals surface area contributed by atoms with Crippen molar-refractivity contribution >= 4 is 11.6 Å². The van der Waals surface area contributed by atoms with Gasteiger partial charge in [-0.3, -0.25) is 9.59 Å². The van der Waals surface area contributed by atoms with Crippen molar-refractivity contribution in [2.45, 2.75) is 6.10 Å². The molecular formula is C18H12O5. The van der Waals surface area contributed by atoms with E-state index in [1.165, 1.54) is 6.08 Å². The third-order valence-corrected chi connectivity index (χ3v) is 4.00. The number of hydrogen-bond donors (Lipinski definition) is 1. The molecular weight excluding hydrogens is 296 g/mol. The van der Waals surface area contributed by atoms with Gasteiger partial charge in [-0.2, -0.15) is 0 Å². The number of benzene rings is 2. The second-order valence-electron chi connectivity index (χ2n) is 5.32. The molecule has 1 N–H and O–H groups in total. The van der Waals surface area contributed by atoms with Crippen molar-refractivity contribution in [1.82, 2.24) is 0 Å². The van der Waals surface area contributed by atoms with Gasteiger partial charge in [-0.1, -0.05) is 36.4 Å². The molecule has 2 aromatic carbocycles. The maximum atomic E-state index is 12.6. The third-order valence-electron chi connectivity index (χ3n) is 4.00. The van der Waals surface area contributed by atoms with Gasteiger partial charge in [0.2, 0.25) is 6.79 Å². The number of allylic oxidation sites excluding steroid dienone is 1. The zero-order valence-electron chi connectivity index (χ0n) is 12.0. The first-order chi connectivity index (χ1) is 11.2. The lowest BCUT2D eigenvalue weighted by molar-refractivity contribution is 0.0945. The Labute approximate surface area is 131 Å². The lowest BCUT2D eigenvalue weighted by Crippen LogP contribution is -2.21. The standard InChI is InChI=1S/C18H12O5/c19-14-8-13(16(20)11-5-2-1-4-10(11)14)17(21)12-6-3-7-15-18(12)23-9-22-15/h1-8,17,21H,9H2. The summed E-state index contributed by atoms with van der Waals surface area (Å²) in [5.74, 6) is 0.264.